The monoisotopic (exact) mass is 426 g/mol. The summed E-state index contributed by atoms with van der Waals surface area (Å²) in [5.41, 5.74) is 1.78. The number of hydrogen-bond donors (Lipinski definition) is 1. The third kappa shape index (κ3) is 4.86. The summed E-state index contributed by atoms with van der Waals surface area (Å²) in [6.45, 7) is 5.67. The van der Waals surface area contributed by atoms with Crippen LogP contribution in [0.4, 0.5) is 0 Å². The zero-order valence-corrected chi connectivity index (χ0v) is 17.8. The number of aromatic nitrogens is 2. The van der Waals surface area contributed by atoms with Gasteiger partial charge in [-0.05, 0) is 51.1 Å². The smallest absolute Gasteiger partial charge is 0.338 e. The Balaban J connectivity index is 1.84. The molecular formula is C23H26N2O6. The summed E-state index contributed by atoms with van der Waals surface area (Å²) in [6.07, 6.45) is -0.985. The van der Waals surface area contributed by atoms with Gasteiger partial charge in [-0.15, -0.1) is 0 Å². The fourth-order valence-corrected chi connectivity index (χ4v) is 3.40. The summed E-state index contributed by atoms with van der Waals surface area (Å²) in [7, 11) is 0. The molecule has 0 aliphatic heterocycles. The molecule has 1 aromatic heterocycles. The lowest BCUT2D eigenvalue weighted by molar-refractivity contribution is 0.0526. The summed E-state index contributed by atoms with van der Waals surface area (Å²) in [4.78, 5) is 36.5. The van der Waals surface area contributed by atoms with E-state index in [1.165, 1.54) is 11.5 Å². The van der Waals surface area contributed by atoms with E-state index in [4.69, 9.17) is 9.47 Å². The number of fused-ring (bicyclic) bond motifs is 1. The topological polar surface area (TPSA) is 99.8 Å². The first kappa shape index (κ1) is 22.3. The second-order valence-corrected chi connectivity index (χ2v) is 7.11. The van der Waals surface area contributed by atoms with Crippen LogP contribution in [-0.2, 0) is 17.8 Å². The van der Waals surface area contributed by atoms with Crippen molar-refractivity contribution in [3.8, 4) is 5.75 Å². The van der Waals surface area contributed by atoms with Crippen LogP contribution >= 0.6 is 0 Å². The van der Waals surface area contributed by atoms with Gasteiger partial charge in [-0.25, -0.2) is 9.59 Å². The first-order valence-electron chi connectivity index (χ1n) is 10.2. The number of benzene rings is 2. The van der Waals surface area contributed by atoms with Crippen LogP contribution in [0, 0.1) is 0 Å². The van der Waals surface area contributed by atoms with Gasteiger partial charge >= 0.3 is 11.7 Å². The Kier molecular flexibility index (Phi) is 6.91. The number of hydrogen-bond acceptors (Lipinski definition) is 6. The van der Waals surface area contributed by atoms with Gasteiger partial charge in [-0.2, -0.15) is 0 Å². The maximum Gasteiger partial charge on any atom is 0.338 e. The number of rotatable bonds is 9. The van der Waals surface area contributed by atoms with Gasteiger partial charge in [0.1, 0.15) is 18.5 Å². The Morgan fingerprint density at radius 1 is 1.03 bits per heavy atom. The highest BCUT2D eigenvalue weighted by molar-refractivity contribution is 5.94. The van der Waals surface area contributed by atoms with Crippen LogP contribution in [0.5, 0.6) is 5.75 Å². The molecular weight excluding hydrogens is 400 g/mol. The predicted octanol–water partition coefficient (Wildman–Crippen LogP) is 2.64. The van der Waals surface area contributed by atoms with Gasteiger partial charge in [-0.3, -0.25) is 13.9 Å². The zero-order valence-electron chi connectivity index (χ0n) is 17.8. The molecule has 1 heterocycles. The second-order valence-electron chi connectivity index (χ2n) is 7.11. The van der Waals surface area contributed by atoms with E-state index in [-0.39, 0.29) is 31.2 Å². The van der Waals surface area contributed by atoms with E-state index in [2.05, 4.69) is 0 Å². The van der Waals surface area contributed by atoms with Crippen LogP contribution in [0.1, 0.15) is 41.5 Å². The molecule has 0 aliphatic carbocycles. The van der Waals surface area contributed by atoms with Gasteiger partial charge in [0.25, 0.3) is 0 Å². The van der Waals surface area contributed by atoms with Gasteiger partial charge in [0.05, 0.1) is 29.7 Å². The molecule has 0 saturated carbocycles. The van der Waals surface area contributed by atoms with Crippen molar-refractivity contribution in [2.24, 2.45) is 0 Å². The highest BCUT2D eigenvalue weighted by atomic mass is 16.5. The van der Waals surface area contributed by atoms with E-state index in [9.17, 15) is 19.5 Å². The van der Waals surface area contributed by atoms with Crippen LogP contribution in [-0.4, -0.2) is 45.3 Å². The van der Waals surface area contributed by atoms with Gasteiger partial charge in [0, 0.05) is 12.1 Å². The lowest BCUT2D eigenvalue weighted by atomic mass is 10.1. The number of nitrogens with zero attached hydrogens (tertiary/aromatic N) is 2. The summed E-state index contributed by atoms with van der Waals surface area (Å²) in [6, 6.07) is 11.6. The number of ketones is 1. The van der Waals surface area contributed by atoms with Crippen molar-refractivity contribution in [1.29, 1.82) is 0 Å². The number of imidazole rings is 1. The molecule has 1 atom stereocenters. The molecule has 2 aromatic carbocycles. The van der Waals surface area contributed by atoms with Crippen LogP contribution in [0.15, 0.2) is 47.3 Å². The molecule has 0 fully saturated rings. The minimum atomic E-state index is -0.985. The average molecular weight is 426 g/mol. The SMILES string of the molecule is CCOC(=O)c1ccc2c(c1)n(C[C@H](O)COc1cccc(C(C)=O)c1)c(=O)n2CC. The van der Waals surface area contributed by atoms with Crippen molar-refractivity contribution in [3.63, 3.8) is 0 Å². The quantitative estimate of drug-likeness (QED) is 0.417. The summed E-state index contributed by atoms with van der Waals surface area (Å²) in [5.74, 6) is -0.0936. The summed E-state index contributed by atoms with van der Waals surface area (Å²) in [5, 5.41) is 10.5. The van der Waals surface area contributed by atoms with Gasteiger partial charge in [0.15, 0.2) is 5.78 Å². The van der Waals surface area contributed by atoms with Crippen molar-refractivity contribution >= 4 is 22.8 Å². The lowest BCUT2D eigenvalue weighted by Crippen LogP contribution is -2.31. The molecule has 8 nitrogen and oxygen atoms in total. The normalized spacial score (nSPS) is 12.0. The Morgan fingerprint density at radius 3 is 2.48 bits per heavy atom. The van der Waals surface area contributed by atoms with Crippen molar-refractivity contribution in [2.45, 2.75) is 40.0 Å². The zero-order chi connectivity index (χ0) is 22.5. The number of Topliss-reactive ketones (excluding diaryl/α,β-unsaturated/α-hetero) is 1. The molecule has 0 spiro atoms. The van der Waals surface area contributed by atoms with Crippen molar-refractivity contribution in [1.82, 2.24) is 9.13 Å². The van der Waals surface area contributed by atoms with Crippen LogP contribution in [0.3, 0.4) is 0 Å². The number of esters is 1. The first-order valence-corrected chi connectivity index (χ1v) is 10.2. The molecule has 0 saturated heterocycles. The molecule has 0 unspecified atom stereocenters. The first-order chi connectivity index (χ1) is 14.8. The molecule has 31 heavy (non-hydrogen) atoms. The average Bonchev–Trinajstić information content (AvgIpc) is 3.02. The van der Waals surface area contributed by atoms with Crippen LogP contribution in [0.25, 0.3) is 11.0 Å². The Hall–Kier alpha value is -3.39. The maximum absolute atomic E-state index is 12.9. The third-order valence-electron chi connectivity index (χ3n) is 4.92. The lowest BCUT2D eigenvalue weighted by Gasteiger charge is -2.14. The maximum atomic E-state index is 12.9. The molecule has 3 rings (SSSR count). The fraction of sp³-hybridized carbons (Fsp3) is 0.348. The number of carbonyl (C=O) groups is 2. The number of aryl methyl sites for hydroxylation is 1. The fourth-order valence-electron chi connectivity index (χ4n) is 3.40. The van der Waals surface area contributed by atoms with Crippen molar-refractivity contribution in [3.05, 3.63) is 64.1 Å². The van der Waals surface area contributed by atoms with E-state index in [1.54, 1.807) is 54.0 Å². The predicted molar refractivity (Wildman–Crippen MR) is 116 cm³/mol. The largest absolute Gasteiger partial charge is 0.491 e. The number of aliphatic hydroxyl groups is 1. The molecule has 3 aromatic rings. The Bertz CT molecular complexity index is 1160. The highest BCUT2D eigenvalue weighted by Crippen LogP contribution is 2.18. The molecule has 8 heteroatoms. The molecule has 0 radical (unpaired) electrons. The number of aliphatic hydroxyl groups excluding tert-OH is 1. The summed E-state index contributed by atoms with van der Waals surface area (Å²) >= 11 is 0. The van der Waals surface area contributed by atoms with Crippen LogP contribution < -0.4 is 10.4 Å². The summed E-state index contributed by atoms with van der Waals surface area (Å²) < 4.78 is 13.7. The Morgan fingerprint density at radius 2 is 1.81 bits per heavy atom. The van der Waals surface area contributed by atoms with Gasteiger partial charge in [0.2, 0.25) is 0 Å². The van der Waals surface area contributed by atoms with Crippen LogP contribution in [0.2, 0.25) is 0 Å². The van der Waals surface area contributed by atoms with E-state index in [1.807, 2.05) is 6.92 Å². The van der Waals surface area contributed by atoms with E-state index in [0.717, 1.165) is 0 Å². The third-order valence-corrected chi connectivity index (χ3v) is 4.92. The standard InChI is InChI=1S/C23H26N2O6/c1-4-24-20-10-9-17(22(28)30-5-2)12-21(20)25(23(24)29)13-18(27)14-31-19-8-6-7-16(11-19)15(3)26/h6-12,18,27H,4-5,13-14H2,1-3H3/t18-/m0/s1. The Labute approximate surface area is 179 Å². The molecule has 1 N–H and O–H groups in total. The minimum absolute atomic E-state index is 0.0129. The van der Waals surface area contributed by atoms with Crippen molar-refractivity contribution < 1.29 is 24.2 Å². The minimum Gasteiger partial charge on any atom is -0.491 e. The van der Waals surface area contributed by atoms with E-state index in [0.29, 0.717) is 34.5 Å². The van der Waals surface area contributed by atoms with Gasteiger partial charge in [-0.1, -0.05) is 12.1 Å². The van der Waals surface area contributed by atoms with Gasteiger partial charge < -0.3 is 14.6 Å². The second kappa shape index (κ2) is 9.61. The van der Waals surface area contributed by atoms with E-state index < -0.39 is 12.1 Å². The highest BCUT2D eigenvalue weighted by Gasteiger charge is 2.18. The molecule has 0 bridgehead atoms. The molecule has 164 valence electrons. The molecule has 0 amide bonds. The van der Waals surface area contributed by atoms with Crippen molar-refractivity contribution in [2.75, 3.05) is 13.2 Å². The number of carbonyl (C=O) groups excluding carboxylic acids is 2. The van der Waals surface area contributed by atoms with E-state index >= 15 is 0 Å². The molecule has 0 aliphatic rings. The number of ether oxygens (including phenoxy) is 2.